The fourth-order valence-electron chi connectivity index (χ4n) is 4.43. The minimum absolute atomic E-state index is 0.117. The number of carbonyl (C=O) groups excluding carboxylic acids is 1. The number of carboxylic acids is 1. The molecule has 2 aliphatic rings. The van der Waals surface area contributed by atoms with Gasteiger partial charge in [-0.05, 0) is 62.6 Å². The highest BCUT2D eigenvalue weighted by Gasteiger charge is 2.26. The highest BCUT2D eigenvalue weighted by molar-refractivity contribution is 5.94. The molecule has 1 amide bonds. The third-order valence-electron chi connectivity index (χ3n) is 6.26. The number of hydrogen-bond donors (Lipinski definition) is 3. The van der Waals surface area contributed by atoms with Crippen LogP contribution in [0.2, 0.25) is 0 Å². The van der Waals surface area contributed by atoms with Gasteiger partial charge in [0.1, 0.15) is 17.6 Å². The average molecular weight is 439 g/mol. The van der Waals surface area contributed by atoms with Crippen LogP contribution in [-0.2, 0) is 17.6 Å². The molecule has 4 heterocycles. The number of aryl methyl sites for hydroxylation is 2. The summed E-state index contributed by atoms with van der Waals surface area (Å²) in [6.07, 6.45) is 9.96. The Balaban J connectivity index is 1.22. The first kappa shape index (κ1) is 22.1. The van der Waals surface area contributed by atoms with Gasteiger partial charge >= 0.3 is 5.97 Å². The van der Waals surface area contributed by atoms with Gasteiger partial charge in [0.25, 0.3) is 5.91 Å². The first-order valence-electron chi connectivity index (χ1n) is 11.3. The lowest BCUT2D eigenvalue weighted by molar-refractivity contribution is -0.139. The summed E-state index contributed by atoms with van der Waals surface area (Å²) >= 11 is 0. The zero-order chi connectivity index (χ0) is 22.3. The van der Waals surface area contributed by atoms with Gasteiger partial charge in [-0.3, -0.25) is 9.78 Å². The Morgan fingerprint density at radius 2 is 2.22 bits per heavy atom. The molecular weight excluding hydrogens is 408 g/mol. The van der Waals surface area contributed by atoms with Crippen molar-refractivity contribution in [2.45, 2.75) is 44.6 Å². The molecule has 32 heavy (non-hydrogen) atoms. The predicted octanol–water partition coefficient (Wildman–Crippen LogP) is 1.76. The van der Waals surface area contributed by atoms with Gasteiger partial charge in [-0.15, -0.1) is 0 Å². The summed E-state index contributed by atoms with van der Waals surface area (Å²) in [7, 11) is 0. The van der Waals surface area contributed by atoms with Crippen LogP contribution in [0.1, 0.15) is 47.4 Å². The molecule has 2 aromatic rings. The second-order valence-corrected chi connectivity index (χ2v) is 8.58. The first-order valence-corrected chi connectivity index (χ1v) is 11.3. The van der Waals surface area contributed by atoms with Gasteiger partial charge in [0, 0.05) is 37.7 Å². The number of carboxylic acid groups (broad SMARTS) is 1. The summed E-state index contributed by atoms with van der Waals surface area (Å²) in [6.45, 7) is 3.54. The number of anilines is 1. The molecule has 0 aliphatic carbocycles. The average Bonchev–Trinajstić information content (AvgIpc) is 3.28. The third-order valence-corrected chi connectivity index (χ3v) is 6.26. The van der Waals surface area contributed by atoms with Crippen LogP contribution in [0.3, 0.4) is 0 Å². The number of carbonyl (C=O) groups is 2. The van der Waals surface area contributed by atoms with Crippen LogP contribution in [-0.4, -0.2) is 69.1 Å². The van der Waals surface area contributed by atoms with E-state index in [1.54, 1.807) is 0 Å². The summed E-state index contributed by atoms with van der Waals surface area (Å²) in [5, 5.41) is 15.5. The van der Waals surface area contributed by atoms with Crippen LogP contribution in [0, 0.1) is 5.92 Å². The van der Waals surface area contributed by atoms with Crippen molar-refractivity contribution in [1.29, 1.82) is 0 Å². The van der Waals surface area contributed by atoms with Crippen LogP contribution in [0.5, 0.6) is 0 Å². The number of nitrogens with zero attached hydrogens (tertiary/aromatic N) is 4. The van der Waals surface area contributed by atoms with E-state index in [-0.39, 0.29) is 5.69 Å². The Morgan fingerprint density at radius 3 is 3.03 bits per heavy atom. The predicted molar refractivity (Wildman–Crippen MR) is 119 cm³/mol. The molecule has 9 heteroatoms. The van der Waals surface area contributed by atoms with Crippen molar-refractivity contribution in [3.05, 3.63) is 47.7 Å². The molecule has 1 saturated heterocycles. The van der Waals surface area contributed by atoms with E-state index in [2.05, 4.69) is 37.6 Å². The van der Waals surface area contributed by atoms with E-state index in [1.165, 1.54) is 30.6 Å². The Labute approximate surface area is 187 Å². The van der Waals surface area contributed by atoms with E-state index in [9.17, 15) is 14.7 Å². The van der Waals surface area contributed by atoms with E-state index in [0.29, 0.717) is 18.9 Å². The van der Waals surface area contributed by atoms with Gasteiger partial charge in [-0.2, -0.15) is 0 Å². The Kier molecular flexibility index (Phi) is 7.26. The molecule has 2 aliphatic heterocycles. The minimum Gasteiger partial charge on any atom is -0.480 e. The lowest BCUT2D eigenvalue weighted by Gasteiger charge is -2.20. The molecule has 0 bridgehead atoms. The number of pyridine rings is 1. The van der Waals surface area contributed by atoms with Crippen LogP contribution in [0.15, 0.2) is 30.7 Å². The number of rotatable bonds is 9. The zero-order valence-electron chi connectivity index (χ0n) is 18.2. The molecule has 170 valence electrons. The quantitative estimate of drug-likeness (QED) is 0.542. The first-order chi connectivity index (χ1) is 15.6. The number of likely N-dealkylation sites (tertiary alicyclic amines) is 1. The Bertz CT molecular complexity index is 939. The topological polar surface area (TPSA) is 120 Å². The number of hydrogen-bond acceptors (Lipinski definition) is 7. The molecule has 0 aromatic carbocycles. The molecule has 2 aromatic heterocycles. The molecule has 1 fully saturated rings. The lowest BCUT2D eigenvalue weighted by atomic mass is 10.00. The monoisotopic (exact) mass is 438 g/mol. The zero-order valence-corrected chi connectivity index (χ0v) is 18.2. The van der Waals surface area contributed by atoms with Gasteiger partial charge in [-0.1, -0.05) is 6.07 Å². The van der Waals surface area contributed by atoms with E-state index in [4.69, 9.17) is 4.98 Å². The summed E-state index contributed by atoms with van der Waals surface area (Å²) in [5.74, 6) is 0.0743. The molecular formula is C23H30N6O3. The van der Waals surface area contributed by atoms with Crippen molar-refractivity contribution >= 4 is 17.7 Å². The number of aliphatic carboxylic acids is 1. The van der Waals surface area contributed by atoms with Crippen molar-refractivity contribution in [3.63, 3.8) is 0 Å². The fourth-order valence-corrected chi connectivity index (χ4v) is 4.43. The van der Waals surface area contributed by atoms with Gasteiger partial charge < -0.3 is 20.6 Å². The van der Waals surface area contributed by atoms with Gasteiger partial charge in [0.2, 0.25) is 0 Å². The summed E-state index contributed by atoms with van der Waals surface area (Å²) < 4.78 is 0. The minimum atomic E-state index is -1.04. The normalized spacial score (nSPS) is 19.1. The summed E-state index contributed by atoms with van der Waals surface area (Å²) in [5.41, 5.74) is 2.56. The number of aromatic nitrogens is 3. The van der Waals surface area contributed by atoms with E-state index < -0.39 is 17.9 Å². The maximum atomic E-state index is 12.2. The smallest absolute Gasteiger partial charge is 0.326 e. The molecule has 0 saturated carbocycles. The highest BCUT2D eigenvalue weighted by atomic mass is 16.4. The molecule has 0 radical (unpaired) electrons. The largest absolute Gasteiger partial charge is 0.480 e. The van der Waals surface area contributed by atoms with Crippen LogP contribution in [0.4, 0.5) is 5.82 Å². The lowest BCUT2D eigenvalue weighted by Crippen LogP contribution is -2.43. The van der Waals surface area contributed by atoms with E-state index in [0.717, 1.165) is 56.8 Å². The van der Waals surface area contributed by atoms with E-state index in [1.807, 2.05) is 0 Å². The van der Waals surface area contributed by atoms with Crippen molar-refractivity contribution < 1.29 is 14.7 Å². The number of nitrogens with one attached hydrogen (secondary N) is 2. The highest BCUT2D eigenvalue weighted by Crippen LogP contribution is 2.24. The molecule has 3 N–H and O–H groups in total. The van der Waals surface area contributed by atoms with Gasteiger partial charge in [-0.25, -0.2) is 14.8 Å². The Morgan fingerprint density at radius 1 is 1.31 bits per heavy atom. The summed E-state index contributed by atoms with van der Waals surface area (Å²) in [4.78, 5) is 38.7. The van der Waals surface area contributed by atoms with Gasteiger partial charge in [0.15, 0.2) is 0 Å². The molecule has 0 spiro atoms. The third kappa shape index (κ3) is 5.79. The van der Waals surface area contributed by atoms with Crippen LogP contribution >= 0.6 is 0 Å². The molecule has 9 nitrogen and oxygen atoms in total. The maximum absolute atomic E-state index is 12.2. The molecule has 2 atom stereocenters. The molecule has 4 rings (SSSR count). The standard InChI is InChI=1S/C23H30N6O3/c30-22(20-14-24-10-11-25-20)28-19(23(31)32)8-13-29-12-7-16(15-29)3-5-18-6-4-17-2-1-9-26-21(17)27-18/h4,6,10-11,14,16,19H,1-3,5,7-9,12-13,15H2,(H,26,27)(H,28,30)(H,31,32)/t16-,19?/m1/s1. The van der Waals surface area contributed by atoms with Crippen LogP contribution < -0.4 is 10.6 Å². The Hall–Kier alpha value is -3.07. The van der Waals surface area contributed by atoms with Crippen molar-refractivity contribution in [1.82, 2.24) is 25.2 Å². The van der Waals surface area contributed by atoms with Crippen molar-refractivity contribution in [3.8, 4) is 0 Å². The number of fused-ring (bicyclic) bond motifs is 1. The van der Waals surface area contributed by atoms with E-state index >= 15 is 0 Å². The number of amides is 1. The van der Waals surface area contributed by atoms with Crippen molar-refractivity contribution in [2.75, 3.05) is 31.5 Å². The van der Waals surface area contributed by atoms with Crippen molar-refractivity contribution in [2.24, 2.45) is 5.92 Å². The van der Waals surface area contributed by atoms with Gasteiger partial charge in [0.05, 0.1) is 6.20 Å². The second-order valence-electron chi connectivity index (χ2n) is 8.58. The fraction of sp³-hybridized carbons (Fsp3) is 0.522. The molecule has 1 unspecified atom stereocenters. The maximum Gasteiger partial charge on any atom is 0.326 e. The second kappa shape index (κ2) is 10.5. The van der Waals surface area contributed by atoms with Crippen LogP contribution in [0.25, 0.3) is 0 Å². The summed E-state index contributed by atoms with van der Waals surface area (Å²) in [6, 6.07) is 3.40. The SMILES string of the molecule is O=C(NC(CCN1CC[C@@H](CCc2ccc3c(n2)NCCC3)C1)C(=O)O)c1cnccn1.